The maximum absolute atomic E-state index is 13.9. The van der Waals surface area contributed by atoms with Crippen LogP contribution in [0.2, 0.25) is 0 Å². The van der Waals surface area contributed by atoms with E-state index in [2.05, 4.69) is 20.9 Å². The van der Waals surface area contributed by atoms with E-state index in [1.165, 1.54) is 0 Å². The smallest absolute Gasteiger partial charge is 0.268 e. The Morgan fingerprint density at radius 3 is 2.49 bits per heavy atom. The predicted molar refractivity (Wildman–Crippen MR) is 114 cm³/mol. The van der Waals surface area contributed by atoms with Crippen molar-refractivity contribution in [2.75, 3.05) is 13.2 Å². The number of carbonyl (C=O) groups is 4. The van der Waals surface area contributed by atoms with Gasteiger partial charge in [-0.05, 0) is 31.9 Å². The molecule has 1 aromatic heterocycles. The van der Waals surface area contributed by atoms with Crippen LogP contribution in [0.15, 0.2) is 18.2 Å². The van der Waals surface area contributed by atoms with Crippen molar-refractivity contribution in [1.29, 1.82) is 0 Å². The number of amides is 3. The molecule has 0 spiro atoms. The van der Waals surface area contributed by atoms with Crippen molar-refractivity contribution in [3.8, 4) is 0 Å². The molecule has 13 heteroatoms. The van der Waals surface area contributed by atoms with E-state index in [9.17, 15) is 41.8 Å². The van der Waals surface area contributed by atoms with Gasteiger partial charge in [0, 0.05) is 30.3 Å². The quantitative estimate of drug-likeness (QED) is 0.312. The first-order valence-corrected chi connectivity index (χ1v) is 10.8. The fourth-order valence-electron chi connectivity index (χ4n) is 3.90. The number of alkyl halides is 2. The van der Waals surface area contributed by atoms with Crippen LogP contribution in [0.25, 0.3) is 10.9 Å². The van der Waals surface area contributed by atoms with Crippen LogP contribution in [0.4, 0.5) is 17.6 Å². The average Bonchev–Trinajstić information content (AvgIpc) is 3.37. The maximum atomic E-state index is 13.9. The molecule has 0 radical (unpaired) electrons. The predicted octanol–water partition coefficient (Wildman–Crippen LogP) is 1.16. The Bertz CT molecular complexity index is 1150. The fraction of sp³-hybridized carbons (Fsp3) is 0.455. The average molecular weight is 500 g/mol. The van der Waals surface area contributed by atoms with Crippen molar-refractivity contribution in [2.24, 2.45) is 5.92 Å². The standard InChI is InChI=1S/C22H24F4N4O5/c1-22(25,26)8-16(21(35)29-14(17(32)9-31)5-10-2-3-27-19(10)33)30-20(34)15-6-11-4-12(23)7-13(24)18(11)28-15/h4,6-7,10,14,16,28,31H,2-3,5,8-9H2,1H3,(H,27,33)(H,29,35)(H,30,34)/t10-,14?,16?/m0/s1. The van der Waals surface area contributed by atoms with E-state index < -0.39 is 66.2 Å². The summed E-state index contributed by atoms with van der Waals surface area (Å²) in [6.45, 7) is -0.0651. The Hall–Kier alpha value is -3.48. The lowest BCUT2D eigenvalue weighted by Crippen LogP contribution is -2.54. The third-order valence-electron chi connectivity index (χ3n) is 5.62. The maximum Gasteiger partial charge on any atom is 0.268 e. The Morgan fingerprint density at radius 2 is 1.89 bits per heavy atom. The lowest BCUT2D eigenvalue weighted by molar-refractivity contribution is -0.132. The second-order valence-electron chi connectivity index (χ2n) is 8.53. The van der Waals surface area contributed by atoms with Crippen molar-refractivity contribution in [3.63, 3.8) is 0 Å². The van der Waals surface area contributed by atoms with Gasteiger partial charge >= 0.3 is 0 Å². The number of Topliss-reactive ketones (excluding diaryl/α,β-unsaturated/α-hetero) is 1. The van der Waals surface area contributed by atoms with Gasteiger partial charge in [-0.2, -0.15) is 0 Å². The first-order valence-electron chi connectivity index (χ1n) is 10.8. The van der Waals surface area contributed by atoms with E-state index in [4.69, 9.17) is 0 Å². The molecule has 5 N–H and O–H groups in total. The normalized spacial score (nSPS) is 17.7. The van der Waals surface area contributed by atoms with Gasteiger partial charge in [-0.3, -0.25) is 19.2 Å². The molecule has 9 nitrogen and oxygen atoms in total. The summed E-state index contributed by atoms with van der Waals surface area (Å²) in [4.78, 5) is 51.9. The monoisotopic (exact) mass is 500 g/mol. The van der Waals surface area contributed by atoms with Crippen LogP contribution in [0.1, 0.15) is 36.7 Å². The Kier molecular flexibility index (Phi) is 7.78. The van der Waals surface area contributed by atoms with Gasteiger partial charge < -0.3 is 26.0 Å². The van der Waals surface area contributed by atoms with E-state index in [0.717, 1.165) is 12.1 Å². The van der Waals surface area contributed by atoms with E-state index in [-0.39, 0.29) is 28.9 Å². The molecular weight excluding hydrogens is 476 g/mol. The zero-order chi connectivity index (χ0) is 25.9. The SMILES string of the molecule is CC(F)(F)CC(NC(=O)c1cc2cc(F)cc(F)c2[nH]1)C(=O)NC(C[C@@H]1CCNC1=O)C(=O)CO. The molecule has 3 atom stereocenters. The van der Waals surface area contributed by atoms with Gasteiger partial charge in [0.1, 0.15) is 30.0 Å². The van der Waals surface area contributed by atoms with Crippen molar-refractivity contribution >= 4 is 34.4 Å². The summed E-state index contributed by atoms with van der Waals surface area (Å²) in [5, 5.41) is 16.2. The number of aliphatic hydroxyl groups excluding tert-OH is 1. The summed E-state index contributed by atoms with van der Waals surface area (Å²) in [5.74, 6) is -9.27. The lowest BCUT2D eigenvalue weighted by atomic mass is 9.95. The first kappa shape index (κ1) is 26.1. The number of carbonyl (C=O) groups excluding carboxylic acids is 4. The van der Waals surface area contributed by atoms with E-state index in [0.29, 0.717) is 26.0 Å². The minimum atomic E-state index is -3.41. The molecule has 1 aliphatic heterocycles. The second kappa shape index (κ2) is 10.4. The lowest BCUT2D eigenvalue weighted by Gasteiger charge is -2.25. The van der Waals surface area contributed by atoms with Crippen LogP contribution in [-0.2, 0) is 14.4 Å². The van der Waals surface area contributed by atoms with Gasteiger partial charge in [-0.25, -0.2) is 17.6 Å². The van der Waals surface area contributed by atoms with E-state index >= 15 is 0 Å². The number of benzene rings is 1. The summed E-state index contributed by atoms with van der Waals surface area (Å²) in [7, 11) is 0. The highest BCUT2D eigenvalue weighted by Crippen LogP contribution is 2.23. The number of aromatic nitrogens is 1. The number of aromatic amines is 1. The molecule has 2 aromatic rings. The minimum Gasteiger partial charge on any atom is -0.389 e. The molecule has 0 aliphatic carbocycles. The molecule has 35 heavy (non-hydrogen) atoms. The molecule has 2 heterocycles. The molecule has 1 aliphatic rings. The molecular formula is C22H24F4N4O5. The van der Waals surface area contributed by atoms with Crippen molar-refractivity contribution in [2.45, 2.75) is 44.2 Å². The number of halogens is 4. The summed E-state index contributed by atoms with van der Waals surface area (Å²) in [5.41, 5.74) is -0.505. The summed E-state index contributed by atoms with van der Waals surface area (Å²) >= 11 is 0. The number of fused-ring (bicyclic) bond motifs is 1. The molecule has 190 valence electrons. The molecule has 1 saturated heterocycles. The van der Waals surface area contributed by atoms with Crippen LogP contribution in [0.3, 0.4) is 0 Å². The van der Waals surface area contributed by atoms with Crippen molar-refractivity contribution < 1.29 is 41.8 Å². The van der Waals surface area contributed by atoms with Crippen molar-refractivity contribution in [3.05, 3.63) is 35.5 Å². The van der Waals surface area contributed by atoms with Gasteiger partial charge in [-0.1, -0.05) is 0 Å². The van der Waals surface area contributed by atoms with Gasteiger partial charge in [-0.15, -0.1) is 0 Å². The molecule has 0 bridgehead atoms. The van der Waals surface area contributed by atoms with Crippen LogP contribution in [0.5, 0.6) is 0 Å². The Labute approximate surface area is 196 Å². The number of H-pyrrole nitrogens is 1. The highest BCUT2D eigenvalue weighted by Gasteiger charge is 2.36. The number of hydrogen-bond acceptors (Lipinski definition) is 5. The van der Waals surface area contributed by atoms with E-state index in [1.807, 2.05) is 0 Å². The van der Waals surface area contributed by atoms with Crippen LogP contribution < -0.4 is 16.0 Å². The van der Waals surface area contributed by atoms with Crippen LogP contribution in [0, 0.1) is 17.6 Å². The minimum absolute atomic E-state index is 0.0120. The summed E-state index contributed by atoms with van der Waals surface area (Å²) < 4.78 is 55.0. The van der Waals surface area contributed by atoms with Gasteiger partial charge in [0.25, 0.3) is 5.91 Å². The molecule has 1 aromatic carbocycles. The van der Waals surface area contributed by atoms with E-state index in [1.54, 1.807) is 0 Å². The zero-order valence-corrected chi connectivity index (χ0v) is 18.6. The third-order valence-corrected chi connectivity index (χ3v) is 5.62. The highest BCUT2D eigenvalue weighted by atomic mass is 19.3. The third kappa shape index (κ3) is 6.56. The van der Waals surface area contributed by atoms with Crippen LogP contribution >= 0.6 is 0 Å². The summed E-state index contributed by atoms with van der Waals surface area (Å²) in [6.07, 6.45) is -0.917. The van der Waals surface area contributed by atoms with Gasteiger partial charge in [0.2, 0.25) is 17.7 Å². The van der Waals surface area contributed by atoms with Gasteiger partial charge in [0.05, 0.1) is 11.6 Å². The Balaban J connectivity index is 1.79. The zero-order valence-electron chi connectivity index (χ0n) is 18.6. The molecule has 0 saturated carbocycles. The molecule has 3 amide bonds. The first-order chi connectivity index (χ1) is 16.4. The van der Waals surface area contributed by atoms with Gasteiger partial charge in [0.15, 0.2) is 5.78 Å². The number of rotatable bonds is 10. The number of aliphatic hydroxyl groups is 1. The molecule has 2 unspecified atom stereocenters. The molecule has 3 rings (SSSR count). The second-order valence-corrected chi connectivity index (χ2v) is 8.53. The number of ketones is 1. The number of hydrogen-bond donors (Lipinski definition) is 5. The van der Waals surface area contributed by atoms with Crippen LogP contribution in [-0.4, -0.2) is 64.8 Å². The Morgan fingerprint density at radius 1 is 1.17 bits per heavy atom. The van der Waals surface area contributed by atoms with Crippen molar-refractivity contribution in [1.82, 2.24) is 20.9 Å². The topological polar surface area (TPSA) is 140 Å². The largest absolute Gasteiger partial charge is 0.389 e. The molecule has 1 fully saturated rings. The fourth-order valence-corrected chi connectivity index (χ4v) is 3.90. The number of nitrogens with one attached hydrogen (secondary N) is 4. The highest BCUT2D eigenvalue weighted by molar-refractivity contribution is 6.01. The summed E-state index contributed by atoms with van der Waals surface area (Å²) in [6, 6.07) is -0.539.